The number of hydrogen-bond acceptors (Lipinski definition) is 7. The molecule has 0 spiro atoms. The molecule has 2 aromatic carbocycles. The van der Waals surface area contributed by atoms with Crippen LogP contribution in [0.1, 0.15) is 56.1 Å². The van der Waals surface area contributed by atoms with Crippen LogP contribution in [0.25, 0.3) is 0 Å². The van der Waals surface area contributed by atoms with Gasteiger partial charge in [0.2, 0.25) is 23.6 Å². The van der Waals surface area contributed by atoms with Gasteiger partial charge >= 0.3 is 0 Å². The Balaban J connectivity index is 1.33. The van der Waals surface area contributed by atoms with Crippen LogP contribution in [0.3, 0.4) is 0 Å². The molecule has 2 unspecified atom stereocenters. The van der Waals surface area contributed by atoms with Crippen LogP contribution in [0.2, 0.25) is 0 Å². The number of benzene rings is 2. The van der Waals surface area contributed by atoms with Gasteiger partial charge in [0, 0.05) is 19.4 Å². The third-order valence-corrected chi connectivity index (χ3v) is 8.44. The zero-order chi connectivity index (χ0) is 31.9. The number of rotatable bonds is 15. The van der Waals surface area contributed by atoms with Gasteiger partial charge in [0.25, 0.3) is 0 Å². The third kappa shape index (κ3) is 11.3. The van der Waals surface area contributed by atoms with E-state index in [0.717, 1.165) is 56.3 Å². The minimum absolute atomic E-state index is 0.175. The molecule has 2 aliphatic rings. The first kappa shape index (κ1) is 34.1. The fourth-order valence-corrected chi connectivity index (χ4v) is 5.82. The van der Waals surface area contributed by atoms with Crippen molar-refractivity contribution in [3.05, 3.63) is 71.8 Å². The molecule has 2 heterocycles. The van der Waals surface area contributed by atoms with Gasteiger partial charge in [0.15, 0.2) is 0 Å². The van der Waals surface area contributed by atoms with Crippen LogP contribution >= 0.6 is 0 Å². The number of carbonyl (C=O) groups excluding carboxylic acids is 4. The molecule has 45 heavy (non-hydrogen) atoms. The van der Waals surface area contributed by atoms with E-state index < -0.39 is 24.0 Å². The molecule has 0 bridgehead atoms. The Bertz CT molecular complexity index is 1220. The summed E-state index contributed by atoms with van der Waals surface area (Å²) >= 11 is 0. The molecular weight excluding hydrogens is 572 g/mol. The summed E-state index contributed by atoms with van der Waals surface area (Å²) < 4.78 is 0. The number of amides is 4. The number of nitrogens with one attached hydrogen (secondary N) is 6. The standard InChI is InChI=1S/C34H48N6O5/c41-23-26(38-34(45)30(22-25-13-5-2-6-14-25)40-33(44)28-16-8-10-19-36-28)17-20-37-31(42)29(21-24-11-3-1-4-12-24)39-32(43)27-15-7-9-18-35-27/h1-6,11-14,26-30,35-36,41H,7-10,15-23H2,(H,37,42)(H,38,45)(H,39,43)(H,40,44)/t26-,27?,28?,29-,30-/m0/s1. The van der Waals surface area contributed by atoms with Gasteiger partial charge < -0.3 is 37.0 Å². The van der Waals surface area contributed by atoms with Gasteiger partial charge in [-0.2, -0.15) is 0 Å². The van der Waals surface area contributed by atoms with Crippen LogP contribution in [0, 0.1) is 0 Å². The van der Waals surface area contributed by atoms with Crippen molar-refractivity contribution >= 4 is 23.6 Å². The van der Waals surface area contributed by atoms with Crippen LogP contribution in [0.4, 0.5) is 0 Å². The summed E-state index contributed by atoms with van der Waals surface area (Å²) in [5, 5.41) is 28.1. The van der Waals surface area contributed by atoms with Gasteiger partial charge in [-0.15, -0.1) is 0 Å². The van der Waals surface area contributed by atoms with Gasteiger partial charge in [-0.1, -0.05) is 73.5 Å². The average molecular weight is 621 g/mol. The van der Waals surface area contributed by atoms with Crippen LogP contribution in [-0.4, -0.2) is 85.2 Å². The molecule has 5 atom stereocenters. The predicted octanol–water partition coefficient (Wildman–Crippen LogP) is 0.709. The van der Waals surface area contributed by atoms with Crippen LogP contribution in [0.15, 0.2) is 60.7 Å². The molecule has 0 saturated carbocycles. The third-order valence-electron chi connectivity index (χ3n) is 8.44. The first-order valence-electron chi connectivity index (χ1n) is 16.3. The normalized spacial score (nSPS) is 20.2. The van der Waals surface area contributed by atoms with Crippen molar-refractivity contribution < 1.29 is 24.3 Å². The SMILES string of the molecule is O=C(N[C@@H](Cc1ccccc1)C(=O)NCC[C@@H](CO)NC(=O)[C@H](Cc1ccccc1)NC(=O)C1CCCCN1)C1CCCCN1. The largest absolute Gasteiger partial charge is 0.394 e. The molecule has 0 aromatic heterocycles. The first-order chi connectivity index (χ1) is 21.9. The Hall–Kier alpha value is -3.80. The zero-order valence-corrected chi connectivity index (χ0v) is 25.9. The van der Waals surface area contributed by atoms with E-state index in [0.29, 0.717) is 19.3 Å². The molecular formula is C34H48N6O5. The molecule has 0 radical (unpaired) electrons. The molecule has 4 amide bonds. The monoisotopic (exact) mass is 620 g/mol. The smallest absolute Gasteiger partial charge is 0.243 e. The summed E-state index contributed by atoms with van der Waals surface area (Å²) in [4.78, 5) is 52.7. The van der Waals surface area contributed by atoms with E-state index in [1.807, 2.05) is 60.7 Å². The maximum absolute atomic E-state index is 13.4. The van der Waals surface area contributed by atoms with E-state index in [4.69, 9.17) is 0 Å². The molecule has 2 saturated heterocycles. The molecule has 2 aromatic rings. The average Bonchev–Trinajstić information content (AvgIpc) is 3.08. The Morgan fingerprint density at radius 1 is 0.689 bits per heavy atom. The first-order valence-corrected chi connectivity index (χ1v) is 16.3. The van der Waals surface area contributed by atoms with Gasteiger partial charge in [0.1, 0.15) is 12.1 Å². The number of hydrogen-bond donors (Lipinski definition) is 7. The van der Waals surface area contributed by atoms with E-state index >= 15 is 0 Å². The van der Waals surface area contributed by atoms with Crippen molar-refractivity contribution in [3.63, 3.8) is 0 Å². The quantitative estimate of drug-likeness (QED) is 0.154. The van der Waals surface area contributed by atoms with E-state index in [9.17, 15) is 24.3 Å². The second kappa shape index (κ2) is 18.2. The van der Waals surface area contributed by atoms with E-state index in [1.165, 1.54) is 0 Å². The fourth-order valence-electron chi connectivity index (χ4n) is 5.82. The molecule has 11 heteroatoms. The summed E-state index contributed by atoms with van der Waals surface area (Å²) in [5.41, 5.74) is 1.82. The lowest BCUT2D eigenvalue weighted by molar-refractivity contribution is -0.131. The number of aliphatic hydroxyl groups excluding tert-OH is 1. The summed E-state index contributed by atoms with van der Waals surface area (Å²) in [6, 6.07) is 16.1. The van der Waals surface area contributed by atoms with Crippen LogP contribution in [-0.2, 0) is 32.0 Å². The van der Waals surface area contributed by atoms with Crippen LogP contribution < -0.4 is 31.9 Å². The number of piperidine rings is 2. The van der Waals surface area contributed by atoms with Gasteiger partial charge in [-0.05, 0) is 56.3 Å². The molecule has 2 aliphatic heterocycles. The molecule has 4 rings (SSSR count). The van der Waals surface area contributed by atoms with Crippen molar-refractivity contribution in [2.24, 2.45) is 0 Å². The van der Waals surface area contributed by atoms with E-state index in [1.54, 1.807) is 0 Å². The second-order valence-corrected chi connectivity index (χ2v) is 12.0. The second-order valence-electron chi connectivity index (χ2n) is 12.0. The number of aliphatic hydroxyl groups is 1. The topological polar surface area (TPSA) is 161 Å². The summed E-state index contributed by atoms with van der Waals surface area (Å²) in [6.45, 7) is 1.37. The molecule has 11 nitrogen and oxygen atoms in total. The van der Waals surface area contributed by atoms with Crippen molar-refractivity contribution in [2.75, 3.05) is 26.2 Å². The minimum Gasteiger partial charge on any atom is -0.394 e. The molecule has 7 N–H and O–H groups in total. The maximum Gasteiger partial charge on any atom is 0.243 e. The summed E-state index contributed by atoms with van der Waals surface area (Å²) in [6.07, 6.45) is 6.30. The van der Waals surface area contributed by atoms with E-state index in [2.05, 4.69) is 31.9 Å². The summed E-state index contributed by atoms with van der Waals surface area (Å²) in [5.74, 6) is -1.14. The van der Waals surface area contributed by atoms with E-state index in [-0.39, 0.29) is 49.4 Å². The minimum atomic E-state index is -0.828. The van der Waals surface area contributed by atoms with Gasteiger partial charge in [0.05, 0.1) is 24.7 Å². The van der Waals surface area contributed by atoms with Crippen molar-refractivity contribution in [2.45, 2.75) is 88.0 Å². The van der Waals surface area contributed by atoms with Crippen molar-refractivity contribution in [1.29, 1.82) is 0 Å². The molecule has 244 valence electrons. The highest BCUT2D eigenvalue weighted by molar-refractivity contribution is 5.91. The van der Waals surface area contributed by atoms with Crippen molar-refractivity contribution in [1.82, 2.24) is 31.9 Å². The molecule has 2 fully saturated rings. The van der Waals surface area contributed by atoms with Gasteiger partial charge in [-0.3, -0.25) is 19.2 Å². The highest BCUT2D eigenvalue weighted by Crippen LogP contribution is 2.11. The maximum atomic E-state index is 13.4. The van der Waals surface area contributed by atoms with Gasteiger partial charge in [-0.25, -0.2) is 0 Å². The number of carbonyl (C=O) groups is 4. The highest BCUT2D eigenvalue weighted by atomic mass is 16.3. The zero-order valence-electron chi connectivity index (χ0n) is 25.9. The summed E-state index contributed by atoms with van der Waals surface area (Å²) in [7, 11) is 0. The Morgan fingerprint density at radius 2 is 1.18 bits per heavy atom. The predicted molar refractivity (Wildman–Crippen MR) is 172 cm³/mol. The van der Waals surface area contributed by atoms with Crippen LogP contribution in [0.5, 0.6) is 0 Å². The Kier molecular flexibility index (Phi) is 13.8. The lowest BCUT2D eigenvalue weighted by atomic mass is 10.0. The lowest BCUT2D eigenvalue weighted by Gasteiger charge is -2.27. The fraction of sp³-hybridized carbons (Fsp3) is 0.529. The molecule has 0 aliphatic carbocycles. The highest BCUT2D eigenvalue weighted by Gasteiger charge is 2.29. The lowest BCUT2D eigenvalue weighted by Crippen LogP contribution is -2.56. The Labute approximate surface area is 265 Å². The van der Waals surface area contributed by atoms with Crippen molar-refractivity contribution in [3.8, 4) is 0 Å². The Morgan fingerprint density at radius 3 is 1.62 bits per heavy atom.